The van der Waals surface area contributed by atoms with E-state index < -0.39 is 55.9 Å². The molecule has 5 rings (SSSR count). The third-order valence-corrected chi connectivity index (χ3v) is 10.5. The Hall–Kier alpha value is -3.62. The van der Waals surface area contributed by atoms with Crippen molar-refractivity contribution in [2.75, 3.05) is 6.54 Å². The van der Waals surface area contributed by atoms with Crippen molar-refractivity contribution < 1.29 is 48.3 Å². The van der Waals surface area contributed by atoms with Gasteiger partial charge in [-0.2, -0.15) is 36.5 Å². The molecule has 224 valence electrons. The van der Waals surface area contributed by atoms with Gasteiger partial charge in [-0.3, -0.25) is 4.79 Å². The number of amides is 1. The Balaban J connectivity index is 1.67. The highest BCUT2D eigenvalue weighted by Crippen LogP contribution is 2.56. The summed E-state index contributed by atoms with van der Waals surface area (Å²) in [6.07, 6.45) is -10.8. The molecule has 2 atom stereocenters. The van der Waals surface area contributed by atoms with Gasteiger partial charge in [0.25, 0.3) is 0 Å². The second kappa shape index (κ2) is 9.99. The minimum Gasteiger partial charge on any atom is -0.337 e. The highest BCUT2D eigenvalue weighted by molar-refractivity contribution is 7.92. The monoisotopic (exact) mass is 619 g/mol. The predicted octanol–water partition coefficient (Wildman–Crippen LogP) is 5.36. The molecule has 15 heteroatoms. The number of halogens is 8. The van der Waals surface area contributed by atoms with E-state index in [-0.39, 0.29) is 54.3 Å². The zero-order valence-electron chi connectivity index (χ0n) is 21.4. The van der Waals surface area contributed by atoms with Crippen LogP contribution in [0.1, 0.15) is 35.1 Å². The van der Waals surface area contributed by atoms with Crippen molar-refractivity contribution in [3.63, 3.8) is 0 Å². The minimum atomic E-state index is -6.35. The van der Waals surface area contributed by atoms with Crippen molar-refractivity contribution in [3.8, 4) is 0 Å². The van der Waals surface area contributed by atoms with E-state index in [9.17, 15) is 48.3 Å². The first kappa shape index (κ1) is 29.9. The first-order valence-corrected chi connectivity index (χ1v) is 14.0. The maximum absolute atomic E-state index is 14.9. The van der Waals surface area contributed by atoms with Crippen LogP contribution in [-0.4, -0.2) is 54.4 Å². The number of aryl methyl sites for hydroxylation is 1. The number of sulfone groups is 1. The van der Waals surface area contributed by atoms with Gasteiger partial charge in [-0.15, -0.1) is 0 Å². The Morgan fingerprint density at radius 1 is 0.952 bits per heavy atom. The average Bonchev–Trinajstić information content (AvgIpc) is 3.34. The van der Waals surface area contributed by atoms with Gasteiger partial charge < -0.3 is 4.90 Å². The first-order chi connectivity index (χ1) is 19.5. The molecule has 1 amide bonds. The van der Waals surface area contributed by atoms with E-state index in [1.165, 1.54) is 23.4 Å². The van der Waals surface area contributed by atoms with Crippen molar-refractivity contribution >= 4 is 15.7 Å². The number of likely N-dealkylation sites (tertiary alicyclic amines) is 1. The van der Waals surface area contributed by atoms with E-state index in [0.29, 0.717) is 11.6 Å². The fourth-order valence-corrected chi connectivity index (χ4v) is 8.42. The topological polar surface area (TPSA) is 80.2 Å². The van der Waals surface area contributed by atoms with Gasteiger partial charge in [0.2, 0.25) is 5.91 Å². The van der Waals surface area contributed by atoms with E-state index in [2.05, 4.69) is 10.2 Å². The Kier molecular flexibility index (Phi) is 7.10. The van der Waals surface area contributed by atoms with E-state index >= 15 is 0 Å². The van der Waals surface area contributed by atoms with Crippen molar-refractivity contribution in [1.29, 1.82) is 0 Å². The molecule has 3 aromatic rings. The number of carbonyl (C=O) groups excluding carboxylic acids is 1. The highest BCUT2D eigenvalue weighted by Gasteiger charge is 2.73. The molecule has 1 fully saturated rings. The van der Waals surface area contributed by atoms with Crippen LogP contribution < -0.4 is 0 Å². The third-order valence-electron chi connectivity index (χ3n) is 7.99. The zero-order chi connectivity index (χ0) is 30.7. The number of fused-ring (bicyclic) bond motifs is 3. The van der Waals surface area contributed by atoms with Crippen LogP contribution in [0, 0.1) is 5.82 Å². The Bertz CT molecular complexity index is 1600. The van der Waals surface area contributed by atoms with Gasteiger partial charge in [0.05, 0.1) is 23.6 Å². The number of hydrogen-bond acceptors (Lipinski definition) is 5. The smallest absolute Gasteiger partial charge is 0.337 e. The molecule has 1 aliphatic heterocycles. The maximum Gasteiger partial charge on any atom is 0.435 e. The van der Waals surface area contributed by atoms with Gasteiger partial charge in [0, 0.05) is 18.3 Å². The molecule has 0 spiro atoms. The van der Waals surface area contributed by atoms with Crippen LogP contribution in [0.15, 0.2) is 65.8 Å². The summed E-state index contributed by atoms with van der Waals surface area (Å²) in [7, 11) is -4.56. The number of hydrogen-bond donors (Lipinski definition) is 0. The summed E-state index contributed by atoms with van der Waals surface area (Å²) in [5.74, 6) is -1.23. The van der Waals surface area contributed by atoms with Crippen molar-refractivity contribution in [3.05, 3.63) is 89.0 Å². The number of rotatable bonds is 5. The number of carbonyl (C=O) groups is 1. The SMILES string of the molecule is O=C(Cc1ccnnc1)N1CC[C@@]2(S(=O)(=O)c3ccc(F)cc3)c3ccc(C(F)(C(F)(F)F)C(F)(F)F)cc3CC[C@@H]12. The summed E-state index contributed by atoms with van der Waals surface area (Å²) in [5.41, 5.74) is -7.32. The van der Waals surface area contributed by atoms with Crippen LogP contribution in [0.3, 0.4) is 0 Å². The van der Waals surface area contributed by atoms with Gasteiger partial charge in [0.1, 0.15) is 10.6 Å². The van der Waals surface area contributed by atoms with Gasteiger partial charge in [-0.05, 0) is 66.3 Å². The summed E-state index contributed by atoms with van der Waals surface area (Å²) < 4.78 is 136. The van der Waals surface area contributed by atoms with Crippen molar-refractivity contribution in [1.82, 2.24) is 15.1 Å². The van der Waals surface area contributed by atoms with Gasteiger partial charge in [-0.1, -0.05) is 18.2 Å². The Labute approximate surface area is 234 Å². The van der Waals surface area contributed by atoms with E-state index in [1.807, 2.05) is 0 Å². The van der Waals surface area contributed by atoms with E-state index in [0.717, 1.165) is 30.3 Å². The van der Waals surface area contributed by atoms with Crippen molar-refractivity contribution in [2.45, 2.75) is 59.4 Å². The molecule has 2 heterocycles. The normalized spacial score (nSPS) is 21.1. The lowest BCUT2D eigenvalue weighted by molar-refractivity contribution is -0.348. The summed E-state index contributed by atoms with van der Waals surface area (Å²) in [5, 5.41) is 7.33. The largest absolute Gasteiger partial charge is 0.435 e. The van der Waals surface area contributed by atoms with E-state index in [4.69, 9.17) is 0 Å². The zero-order valence-corrected chi connectivity index (χ0v) is 22.2. The number of alkyl halides is 7. The summed E-state index contributed by atoms with van der Waals surface area (Å²) in [6, 6.07) is 5.69. The number of benzene rings is 2. The molecule has 1 aliphatic carbocycles. The van der Waals surface area contributed by atoms with Crippen LogP contribution in [0.2, 0.25) is 0 Å². The Morgan fingerprint density at radius 3 is 2.21 bits per heavy atom. The second-order valence-corrected chi connectivity index (χ2v) is 12.4. The van der Waals surface area contributed by atoms with Crippen LogP contribution in [0.4, 0.5) is 35.1 Å². The molecule has 0 radical (unpaired) electrons. The van der Waals surface area contributed by atoms with Crippen LogP contribution in [-0.2, 0) is 37.9 Å². The van der Waals surface area contributed by atoms with E-state index in [1.54, 1.807) is 0 Å². The number of nitrogens with zero attached hydrogens (tertiary/aromatic N) is 3. The molecule has 2 aromatic carbocycles. The quantitative estimate of drug-likeness (QED) is 0.284. The molecular weight excluding hydrogens is 598 g/mol. The number of aromatic nitrogens is 2. The summed E-state index contributed by atoms with van der Waals surface area (Å²) in [4.78, 5) is 14.3. The standard InChI is InChI=1S/C27H21F8N3O3S/c28-19-3-5-20(6-4-19)42(40,41)24-10-12-38(23(39)13-16-9-11-36-37-15-16)22(24)8-1-17-14-18(2-7-21(17)24)25(29,26(30,31)32)27(33,34)35/h2-7,9,11,14-15,22H,1,8,10,12-13H2/t22-,24-/m1/s1. The lowest BCUT2D eigenvalue weighted by atomic mass is 9.76. The molecule has 0 unspecified atom stereocenters. The third kappa shape index (κ3) is 4.43. The molecule has 0 saturated carbocycles. The predicted molar refractivity (Wildman–Crippen MR) is 131 cm³/mol. The fraction of sp³-hybridized carbons (Fsp3) is 0.370. The van der Waals surface area contributed by atoms with Gasteiger partial charge >= 0.3 is 18.0 Å². The molecule has 0 bridgehead atoms. The molecule has 6 nitrogen and oxygen atoms in total. The summed E-state index contributed by atoms with van der Waals surface area (Å²) >= 11 is 0. The average molecular weight is 620 g/mol. The fourth-order valence-electron chi connectivity index (χ4n) is 6.05. The Morgan fingerprint density at radius 2 is 1.62 bits per heavy atom. The molecular formula is C27H21F8N3O3S. The lowest BCUT2D eigenvalue weighted by Crippen LogP contribution is -2.53. The van der Waals surface area contributed by atoms with Crippen LogP contribution in [0.25, 0.3) is 0 Å². The molecule has 2 aliphatic rings. The molecule has 0 N–H and O–H groups in total. The van der Waals surface area contributed by atoms with Crippen LogP contribution in [0.5, 0.6) is 0 Å². The lowest BCUT2D eigenvalue weighted by Gasteiger charge is -2.43. The maximum atomic E-state index is 14.9. The van der Waals surface area contributed by atoms with Crippen molar-refractivity contribution in [2.24, 2.45) is 0 Å². The molecule has 42 heavy (non-hydrogen) atoms. The molecule has 1 saturated heterocycles. The highest BCUT2D eigenvalue weighted by atomic mass is 32.2. The molecule has 1 aromatic heterocycles. The summed E-state index contributed by atoms with van der Waals surface area (Å²) in [6.45, 7) is -0.109. The second-order valence-electron chi connectivity index (χ2n) is 10.2. The first-order valence-electron chi connectivity index (χ1n) is 12.6. The van der Waals surface area contributed by atoms with Crippen LogP contribution >= 0.6 is 0 Å². The van der Waals surface area contributed by atoms with Gasteiger partial charge in [0.15, 0.2) is 9.84 Å². The minimum absolute atomic E-state index is 0.109. The van der Waals surface area contributed by atoms with Gasteiger partial charge in [-0.25, -0.2) is 17.2 Å².